The molecule has 0 bridgehead atoms. The van der Waals surface area contributed by atoms with Crippen LogP contribution in [0.3, 0.4) is 0 Å². The van der Waals surface area contributed by atoms with Crippen LogP contribution < -0.4 is 0 Å². The van der Waals surface area contributed by atoms with Gasteiger partial charge in [0.2, 0.25) is 5.91 Å². The molecule has 0 N–H and O–H groups in total. The zero-order valence-corrected chi connectivity index (χ0v) is 15.9. The van der Waals surface area contributed by atoms with E-state index >= 15 is 0 Å². The summed E-state index contributed by atoms with van der Waals surface area (Å²) in [6.07, 6.45) is 3.03. The Morgan fingerprint density at radius 2 is 1.72 bits per heavy atom. The second kappa shape index (κ2) is 7.94. The molecule has 0 aromatic heterocycles. The van der Waals surface area contributed by atoms with Gasteiger partial charge in [0.1, 0.15) is 0 Å². The number of carbonyl (C=O) groups is 2. The number of piperidine rings is 1. The first kappa shape index (κ1) is 18.5. The third-order valence-corrected chi connectivity index (χ3v) is 6.32. The van der Waals surface area contributed by atoms with Crippen molar-refractivity contribution in [3.63, 3.8) is 0 Å². The molecule has 25 heavy (non-hydrogen) atoms. The van der Waals surface area contributed by atoms with Crippen molar-refractivity contribution in [3.05, 3.63) is 0 Å². The fourth-order valence-electron chi connectivity index (χ4n) is 4.81. The van der Waals surface area contributed by atoms with Gasteiger partial charge in [0.15, 0.2) is 0 Å². The molecular formula is C19H33N3O3. The third kappa shape index (κ3) is 3.78. The van der Waals surface area contributed by atoms with Crippen LogP contribution in [0.5, 0.6) is 0 Å². The molecule has 0 radical (unpaired) electrons. The van der Waals surface area contributed by atoms with E-state index in [0.717, 1.165) is 58.5 Å². The minimum absolute atomic E-state index is 0.169. The Kier molecular flexibility index (Phi) is 5.87. The first-order chi connectivity index (χ1) is 12.1. The smallest absolute Gasteiger partial charge is 0.409 e. The minimum atomic E-state index is -0.169. The molecule has 0 aromatic carbocycles. The molecule has 1 saturated carbocycles. The molecule has 4 atom stereocenters. The van der Waals surface area contributed by atoms with Gasteiger partial charge in [-0.1, -0.05) is 0 Å². The van der Waals surface area contributed by atoms with E-state index in [1.807, 2.05) is 16.7 Å². The highest BCUT2D eigenvalue weighted by molar-refractivity contribution is 5.82. The van der Waals surface area contributed by atoms with Crippen molar-refractivity contribution in [2.24, 2.45) is 17.8 Å². The molecule has 2 amide bonds. The fourth-order valence-corrected chi connectivity index (χ4v) is 4.81. The number of fused-ring (bicyclic) bond motifs is 1. The fraction of sp³-hybridized carbons (Fsp3) is 0.895. The average Bonchev–Trinajstić information content (AvgIpc) is 3.22. The highest BCUT2D eigenvalue weighted by atomic mass is 16.6. The second-order valence-corrected chi connectivity index (χ2v) is 7.59. The van der Waals surface area contributed by atoms with Crippen molar-refractivity contribution < 1.29 is 14.3 Å². The SMILES string of the molecule is CCOC(=O)N1CCCC(N2C[C@@H]3[C@H](C2)[C@H]3C(=O)N(CC)CC)CC1. The number of amides is 2. The summed E-state index contributed by atoms with van der Waals surface area (Å²) >= 11 is 0. The average molecular weight is 351 g/mol. The van der Waals surface area contributed by atoms with Gasteiger partial charge < -0.3 is 14.5 Å². The molecule has 6 heteroatoms. The Bertz CT molecular complexity index is 482. The lowest BCUT2D eigenvalue weighted by Gasteiger charge is -2.29. The van der Waals surface area contributed by atoms with Crippen molar-refractivity contribution in [2.75, 3.05) is 45.9 Å². The van der Waals surface area contributed by atoms with E-state index in [2.05, 4.69) is 18.7 Å². The summed E-state index contributed by atoms with van der Waals surface area (Å²) in [4.78, 5) is 30.9. The quantitative estimate of drug-likeness (QED) is 0.761. The molecule has 3 aliphatic rings. The summed E-state index contributed by atoms with van der Waals surface area (Å²) in [5.74, 6) is 1.78. The number of nitrogens with zero attached hydrogens (tertiary/aromatic N) is 3. The standard InChI is InChI=1S/C19H33N3O3/c1-4-20(5-2)18(23)17-15-12-22(13-16(15)17)14-8-7-10-21(11-9-14)19(24)25-6-3/h14-17H,4-13H2,1-3H3/t14?,15-,16+,17+. The maximum Gasteiger partial charge on any atom is 0.409 e. The molecule has 6 nitrogen and oxygen atoms in total. The summed E-state index contributed by atoms with van der Waals surface area (Å²) < 4.78 is 5.14. The van der Waals surface area contributed by atoms with Gasteiger partial charge in [-0.25, -0.2) is 4.79 Å². The number of hydrogen-bond donors (Lipinski definition) is 0. The van der Waals surface area contributed by atoms with E-state index in [1.165, 1.54) is 0 Å². The first-order valence-corrected chi connectivity index (χ1v) is 10.0. The lowest BCUT2D eigenvalue weighted by molar-refractivity contribution is -0.133. The predicted molar refractivity (Wildman–Crippen MR) is 96.2 cm³/mol. The van der Waals surface area contributed by atoms with Crippen LogP contribution in [0.4, 0.5) is 4.79 Å². The van der Waals surface area contributed by atoms with Crippen LogP contribution in [0.25, 0.3) is 0 Å². The third-order valence-electron chi connectivity index (χ3n) is 6.32. The Morgan fingerprint density at radius 1 is 1.04 bits per heavy atom. The van der Waals surface area contributed by atoms with Gasteiger partial charge in [-0.15, -0.1) is 0 Å². The monoisotopic (exact) mass is 351 g/mol. The maximum absolute atomic E-state index is 12.5. The topological polar surface area (TPSA) is 53.1 Å². The Balaban J connectivity index is 1.47. The summed E-state index contributed by atoms with van der Waals surface area (Å²) in [5, 5.41) is 0. The van der Waals surface area contributed by atoms with E-state index in [1.54, 1.807) is 0 Å². The maximum atomic E-state index is 12.5. The zero-order valence-electron chi connectivity index (χ0n) is 15.9. The van der Waals surface area contributed by atoms with Gasteiger partial charge in [-0.3, -0.25) is 9.69 Å². The van der Waals surface area contributed by atoms with Crippen LogP contribution >= 0.6 is 0 Å². The number of ether oxygens (including phenoxy) is 1. The second-order valence-electron chi connectivity index (χ2n) is 7.59. The van der Waals surface area contributed by atoms with Crippen molar-refractivity contribution in [3.8, 4) is 0 Å². The van der Waals surface area contributed by atoms with Crippen LogP contribution in [-0.4, -0.2) is 78.6 Å². The highest BCUT2D eigenvalue weighted by Gasteiger charge is 2.60. The van der Waals surface area contributed by atoms with Gasteiger partial charge in [-0.05, 0) is 51.9 Å². The Labute approximate surface area is 151 Å². The molecule has 2 heterocycles. The first-order valence-electron chi connectivity index (χ1n) is 10.0. The molecule has 2 aliphatic heterocycles. The van der Waals surface area contributed by atoms with Crippen molar-refractivity contribution in [1.29, 1.82) is 0 Å². The van der Waals surface area contributed by atoms with E-state index < -0.39 is 0 Å². The van der Waals surface area contributed by atoms with Gasteiger partial charge in [0, 0.05) is 51.2 Å². The van der Waals surface area contributed by atoms with Gasteiger partial charge >= 0.3 is 6.09 Å². The normalized spacial score (nSPS) is 32.0. The lowest BCUT2D eigenvalue weighted by Crippen LogP contribution is -2.40. The van der Waals surface area contributed by atoms with E-state index in [0.29, 0.717) is 30.4 Å². The molecule has 0 aromatic rings. The summed E-state index contributed by atoms with van der Waals surface area (Å²) in [5.41, 5.74) is 0. The predicted octanol–water partition coefficient (Wildman–Crippen LogP) is 2.04. The largest absolute Gasteiger partial charge is 0.450 e. The van der Waals surface area contributed by atoms with E-state index in [4.69, 9.17) is 4.74 Å². The van der Waals surface area contributed by atoms with Crippen LogP contribution in [0, 0.1) is 17.8 Å². The lowest BCUT2D eigenvalue weighted by atomic mass is 10.1. The van der Waals surface area contributed by atoms with Crippen molar-refractivity contribution in [2.45, 2.75) is 46.1 Å². The Hall–Kier alpha value is -1.30. The summed E-state index contributed by atoms with van der Waals surface area (Å²) in [6, 6.07) is 0.552. The van der Waals surface area contributed by atoms with E-state index in [9.17, 15) is 9.59 Å². The molecule has 3 fully saturated rings. The van der Waals surface area contributed by atoms with Crippen molar-refractivity contribution in [1.82, 2.24) is 14.7 Å². The molecule has 2 saturated heterocycles. The van der Waals surface area contributed by atoms with Crippen LogP contribution in [-0.2, 0) is 9.53 Å². The van der Waals surface area contributed by atoms with Crippen LogP contribution in [0.2, 0.25) is 0 Å². The number of likely N-dealkylation sites (tertiary alicyclic amines) is 2. The van der Waals surface area contributed by atoms with Crippen LogP contribution in [0.15, 0.2) is 0 Å². The van der Waals surface area contributed by atoms with Gasteiger partial charge in [0.25, 0.3) is 0 Å². The van der Waals surface area contributed by atoms with Crippen LogP contribution in [0.1, 0.15) is 40.0 Å². The molecule has 1 unspecified atom stereocenters. The number of rotatable bonds is 5. The van der Waals surface area contributed by atoms with E-state index in [-0.39, 0.29) is 12.0 Å². The number of carbonyl (C=O) groups excluding carboxylic acids is 2. The van der Waals surface area contributed by atoms with Gasteiger partial charge in [-0.2, -0.15) is 0 Å². The molecule has 142 valence electrons. The Morgan fingerprint density at radius 3 is 2.32 bits per heavy atom. The number of hydrogen-bond acceptors (Lipinski definition) is 4. The molecule has 0 spiro atoms. The summed E-state index contributed by atoms with van der Waals surface area (Å²) in [7, 11) is 0. The summed E-state index contributed by atoms with van der Waals surface area (Å²) in [6.45, 7) is 11.8. The highest BCUT2D eigenvalue weighted by Crippen LogP contribution is 2.53. The van der Waals surface area contributed by atoms with Gasteiger partial charge in [0.05, 0.1) is 6.61 Å². The molecule has 1 aliphatic carbocycles. The molecule has 3 rings (SSSR count). The van der Waals surface area contributed by atoms with Crippen molar-refractivity contribution >= 4 is 12.0 Å². The molecular weight excluding hydrogens is 318 g/mol. The minimum Gasteiger partial charge on any atom is -0.450 e. The zero-order chi connectivity index (χ0) is 18.0.